The molecule has 2 atom stereocenters. The van der Waals surface area contributed by atoms with Crippen molar-refractivity contribution in [3.63, 3.8) is 0 Å². The highest BCUT2D eigenvalue weighted by Crippen LogP contribution is 2.25. The first-order chi connectivity index (χ1) is 6.38. The highest BCUT2D eigenvalue weighted by Gasteiger charge is 2.24. The zero-order valence-corrected chi connectivity index (χ0v) is 8.50. The minimum absolute atomic E-state index is 0.383. The summed E-state index contributed by atoms with van der Waals surface area (Å²) < 4.78 is 10.7. The molecule has 1 fully saturated rings. The van der Waals surface area contributed by atoms with E-state index in [4.69, 9.17) is 15.2 Å². The standard InChI is InChI=1S/C10H21NO2/c1-12-6-7-13-10-5-3-2-4-9(10)8-11/h9-10H,2-8,11H2,1H3. The zero-order valence-electron chi connectivity index (χ0n) is 8.50. The topological polar surface area (TPSA) is 44.5 Å². The Morgan fingerprint density at radius 1 is 1.23 bits per heavy atom. The maximum absolute atomic E-state index is 5.72. The van der Waals surface area contributed by atoms with E-state index in [0.717, 1.165) is 6.54 Å². The molecule has 1 saturated carbocycles. The third-order valence-electron chi connectivity index (χ3n) is 2.76. The molecule has 2 unspecified atom stereocenters. The first kappa shape index (κ1) is 11.0. The van der Waals surface area contributed by atoms with Crippen LogP contribution in [-0.2, 0) is 9.47 Å². The summed E-state index contributed by atoms with van der Waals surface area (Å²) in [4.78, 5) is 0. The van der Waals surface area contributed by atoms with Crippen molar-refractivity contribution in [1.29, 1.82) is 0 Å². The summed E-state index contributed by atoms with van der Waals surface area (Å²) in [6.07, 6.45) is 5.38. The van der Waals surface area contributed by atoms with Gasteiger partial charge in [-0.2, -0.15) is 0 Å². The molecular formula is C10H21NO2. The molecule has 0 aliphatic heterocycles. The van der Waals surface area contributed by atoms with Crippen LogP contribution in [0.1, 0.15) is 25.7 Å². The monoisotopic (exact) mass is 187 g/mol. The van der Waals surface area contributed by atoms with Gasteiger partial charge in [-0.15, -0.1) is 0 Å². The maximum Gasteiger partial charge on any atom is 0.0704 e. The van der Waals surface area contributed by atoms with Crippen LogP contribution < -0.4 is 5.73 Å². The van der Waals surface area contributed by atoms with Crippen LogP contribution in [0.3, 0.4) is 0 Å². The van der Waals surface area contributed by atoms with Crippen molar-refractivity contribution in [3.8, 4) is 0 Å². The fourth-order valence-corrected chi connectivity index (χ4v) is 1.95. The average Bonchev–Trinajstić information content (AvgIpc) is 2.19. The quantitative estimate of drug-likeness (QED) is 0.657. The van der Waals surface area contributed by atoms with Crippen molar-refractivity contribution in [2.45, 2.75) is 31.8 Å². The summed E-state index contributed by atoms with van der Waals surface area (Å²) in [5.41, 5.74) is 5.69. The van der Waals surface area contributed by atoms with Gasteiger partial charge >= 0.3 is 0 Å². The van der Waals surface area contributed by atoms with Crippen molar-refractivity contribution in [3.05, 3.63) is 0 Å². The predicted molar refractivity (Wildman–Crippen MR) is 52.6 cm³/mol. The van der Waals surface area contributed by atoms with Crippen molar-refractivity contribution < 1.29 is 9.47 Å². The lowest BCUT2D eigenvalue weighted by Gasteiger charge is -2.30. The van der Waals surface area contributed by atoms with E-state index in [9.17, 15) is 0 Å². The van der Waals surface area contributed by atoms with E-state index in [0.29, 0.717) is 25.2 Å². The Morgan fingerprint density at radius 3 is 2.69 bits per heavy atom. The van der Waals surface area contributed by atoms with Gasteiger partial charge in [-0.05, 0) is 25.3 Å². The largest absolute Gasteiger partial charge is 0.382 e. The molecule has 0 saturated heterocycles. The van der Waals surface area contributed by atoms with Gasteiger partial charge in [0.1, 0.15) is 0 Å². The molecule has 0 aromatic rings. The van der Waals surface area contributed by atoms with Gasteiger partial charge in [-0.3, -0.25) is 0 Å². The molecule has 3 nitrogen and oxygen atoms in total. The Balaban J connectivity index is 2.19. The number of hydrogen-bond donors (Lipinski definition) is 1. The van der Waals surface area contributed by atoms with Gasteiger partial charge in [0.25, 0.3) is 0 Å². The molecule has 78 valence electrons. The predicted octanol–water partition coefficient (Wildman–Crippen LogP) is 1.17. The van der Waals surface area contributed by atoms with Gasteiger partial charge < -0.3 is 15.2 Å². The molecule has 0 heterocycles. The van der Waals surface area contributed by atoms with Gasteiger partial charge in [0.2, 0.25) is 0 Å². The summed E-state index contributed by atoms with van der Waals surface area (Å²) in [5.74, 6) is 0.575. The second-order valence-corrected chi connectivity index (χ2v) is 3.68. The minimum Gasteiger partial charge on any atom is -0.382 e. The van der Waals surface area contributed by atoms with Crippen molar-refractivity contribution >= 4 is 0 Å². The first-order valence-electron chi connectivity index (χ1n) is 5.19. The lowest BCUT2D eigenvalue weighted by molar-refractivity contribution is -0.0285. The Hall–Kier alpha value is -0.120. The Bertz CT molecular complexity index is 130. The summed E-state index contributed by atoms with van der Waals surface area (Å²) in [5, 5.41) is 0. The Labute approximate surface area is 80.6 Å². The smallest absolute Gasteiger partial charge is 0.0704 e. The van der Waals surface area contributed by atoms with E-state index in [1.807, 2.05) is 0 Å². The second kappa shape index (κ2) is 6.35. The number of hydrogen-bond acceptors (Lipinski definition) is 3. The molecule has 2 N–H and O–H groups in total. The molecular weight excluding hydrogens is 166 g/mol. The lowest BCUT2D eigenvalue weighted by Crippen LogP contribution is -2.33. The van der Waals surface area contributed by atoms with Crippen molar-refractivity contribution in [2.75, 3.05) is 26.9 Å². The normalized spacial score (nSPS) is 29.1. The van der Waals surface area contributed by atoms with Crippen LogP contribution in [-0.4, -0.2) is 33.0 Å². The van der Waals surface area contributed by atoms with Gasteiger partial charge in [0.15, 0.2) is 0 Å². The first-order valence-corrected chi connectivity index (χ1v) is 5.19. The summed E-state index contributed by atoms with van der Waals surface area (Å²) in [6.45, 7) is 2.16. The van der Waals surface area contributed by atoms with Crippen LogP contribution in [0.5, 0.6) is 0 Å². The third kappa shape index (κ3) is 3.63. The molecule has 1 aliphatic rings. The number of rotatable bonds is 5. The number of methoxy groups -OCH3 is 1. The SMILES string of the molecule is COCCOC1CCCCC1CN. The van der Waals surface area contributed by atoms with Crippen LogP contribution in [0, 0.1) is 5.92 Å². The van der Waals surface area contributed by atoms with Gasteiger partial charge in [0.05, 0.1) is 19.3 Å². The molecule has 0 aromatic heterocycles. The molecule has 1 aliphatic carbocycles. The molecule has 0 amide bonds. The molecule has 13 heavy (non-hydrogen) atoms. The highest BCUT2D eigenvalue weighted by molar-refractivity contribution is 4.76. The highest BCUT2D eigenvalue weighted by atomic mass is 16.5. The summed E-state index contributed by atoms with van der Waals surface area (Å²) >= 11 is 0. The second-order valence-electron chi connectivity index (χ2n) is 3.68. The Morgan fingerprint density at radius 2 is 2.00 bits per heavy atom. The molecule has 0 bridgehead atoms. The van der Waals surface area contributed by atoms with E-state index >= 15 is 0 Å². The van der Waals surface area contributed by atoms with Gasteiger partial charge in [-0.1, -0.05) is 12.8 Å². The van der Waals surface area contributed by atoms with Crippen LogP contribution in [0.25, 0.3) is 0 Å². The zero-order chi connectivity index (χ0) is 9.52. The fourth-order valence-electron chi connectivity index (χ4n) is 1.95. The van der Waals surface area contributed by atoms with Gasteiger partial charge in [-0.25, -0.2) is 0 Å². The summed E-state index contributed by atoms with van der Waals surface area (Å²) in [6, 6.07) is 0. The summed E-state index contributed by atoms with van der Waals surface area (Å²) in [7, 11) is 1.70. The number of ether oxygens (including phenoxy) is 2. The van der Waals surface area contributed by atoms with E-state index in [-0.39, 0.29) is 0 Å². The van der Waals surface area contributed by atoms with Crippen molar-refractivity contribution in [1.82, 2.24) is 0 Å². The lowest BCUT2D eigenvalue weighted by atomic mass is 9.86. The van der Waals surface area contributed by atoms with Crippen LogP contribution in [0.2, 0.25) is 0 Å². The van der Waals surface area contributed by atoms with Crippen LogP contribution in [0.4, 0.5) is 0 Å². The molecule has 0 spiro atoms. The van der Waals surface area contributed by atoms with E-state index in [1.165, 1.54) is 25.7 Å². The average molecular weight is 187 g/mol. The Kier molecular flexibility index (Phi) is 5.35. The van der Waals surface area contributed by atoms with Crippen molar-refractivity contribution in [2.24, 2.45) is 11.7 Å². The molecule has 0 aromatic carbocycles. The van der Waals surface area contributed by atoms with E-state index in [1.54, 1.807) is 7.11 Å². The third-order valence-corrected chi connectivity index (χ3v) is 2.76. The van der Waals surface area contributed by atoms with E-state index in [2.05, 4.69) is 0 Å². The minimum atomic E-state index is 0.383. The molecule has 1 rings (SSSR count). The van der Waals surface area contributed by atoms with Gasteiger partial charge in [0, 0.05) is 7.11 Å². The maximum atomic E-state index is 5.72. The number of nitrogens with two attached hydrogens (primary N) is 1. The van der Waals surface area contributed by atoms with Crippen LogP contribution in [0.15, 0.2) is 0 Å². The fraction of sp³-hybridized carbons (Fsp3) is 1.00. The molecule has 0 radical (unpaired) electrons. The van der Waals surface area contributed by atoms with E-state index < -0.39 is 0 Å². The molecule has 3 heteroatoms. The van der Waals surface area contributed by atoms with Crippen LogP contribution >= 0.6 is 0 Å².